The molecule has 8 rings (SSSR count). The second kappa shape index (κ2) is 16.8. The maximum Gasteiger partial charge on any atom is 0.0602 e. The number of rotatable bonds is 6. The molecule has 0 fully saturated rings. The summed E-state index contributed by atoms with van der Waals surface area (Å²) in [5.74, 6) is 0.929. The van der Waals surface area contributed by atoms with Gasteiger partial charge in [0.15, 0.2) is 0 Å². The molecule has 263 valence electrons. The molecule has 2 aromatic heterocycles. The maximum absolute atomic E-state index is 8.35. The molecule has 0 bridgehead atoms. The van der Waals surface area contributed by atoms with Crippen LogP contribution in [0.3, 0.4) is 0 Å². The van der Waals surface area contributed by atoms with Gasteiger partial charge >= 0.3 is 0 Å². The van der Waals surface area contributed by atoms with Crippen LogP contribution in [-0.2, 0) is 20.1 Å². The zero-order valence-corrected chi connectivity index (χ0v) is 31.6. The Bertz CT molecular complexity index is 2760. The number of benzene rings is 6. The third-order valence-corrected chi connectivity index (χ3v) is 8.91. The quantitative estimate of drug-likeness (QED) is 0.156. The molecule has 2 heterocycles. The van der Waals surface area contributed by atoms with Crippen molar-refractivity contribution >= 4 is 0 Å². The van der Waals surface area contributed by atoms with Crippen LogP contribution < -0.4 is 0 Å². The minimum absolute atomic E-state index is 0. The van der Waals surface area contributed by atoms with E-state index >= 15 is 0 Å². The fourth-order valence-corrected chi connectivity index (χ4v) is 6.33. The van der Waals surface area contributed by atoms with Gasteiger partial charge in [-0.1, -0.05) is 91.0 Å². The Morgan fingerprint density at radius 2 is 1.17 bits per heavy atom. The number of aromatic nitrogens is 3. The summed E-state index contributed by atoms with van der Waals surface area (Å²) in [6, 6.07) is 48.3. The first-order valence-electron chi connectivity index (χ1n) is 21.4. The van der Waals surface area contributed by atoms with E-state index in [-0.39, 0.29) is 47.9 Å². The number of aryl methyl sites for hydroxylation is 5. The molecule has 0 amide bonds. The third-order valence-electron chi connectivity index (χ3n) is 8.91. The molecule has 0 atom stereocenters. The second-order valence-electron chi connectivity index (χ2n) is 12.4. The van der Waals surface area contributed by atoms with Crippen LogP contribution in [0.5, 0.6) is 0 Å². The first-order chi connectivity index (χ1) is 29.0. The molecule has 1 radical (unpaired) electrons. The van der Waals surface area contributed by atoms with E-state index in [0.29, 0.717) is 22.4 Å². The number of nitrogens with zero attached hydrogens (tertiary/aromatic N) is 3. The van der Waals surface area contributed by atoms with Gasteiger partial charge in [-0.2, -0.15) is 0 Å². The number of pyridine rings is 1. The summed E-state index contributed by atoms with van der Waals surface area (Å²) in [5, 5.41) is 0. The van der Waals surface area contributed by atoms with E-state index in [0.717, 1.165) is 22.5 Å². The van der Waals surface area contributed by atoms with E-state index in [1.54, 1.807) is 60.7 Å². The predicted molar refractivity (Wildman–Crippen MR) is 216 cm³/mol. The Morgan fingerprint density at radius 1 is 0.528 bits per heavy atom. The fraction of sp³-hybridized carbons (Fsp3) is 0.102. The molecule has 0 aliphatic carbocycles. The third kappa shape index (κ3) is 8.21. The van der Waals surface area contributed by atoms with Gasteiger partial charge in [0.25, 0.3) is 0 Å². The molecule has 3 nitrogen and oxygen atoms in total. The molecular formula is C49H41IrN3-2. The Hall–Kier alpha value is -5.67. The zero-order valence-electron chi connectivity index (χ0n) is 38.2. The normalized spacial score (nSPS) is 13.8. The van der Waals surface area contributed by atoms with Gasteiger partial charge in [0.05, 0.1) is 5.82 Å². The molecule has 8 aromatic rings. The maximum atomic E-state index is 8.35. The molecule has 0 aliphatic rings. The van der Waals surface area contributed by atoms with Crippen LogP contribution in [-0.4, -0.2) is 14.5 Å². The van der Waals surface area contributed by atoms with Crippen molar-refractivity contribution in [3.63, 3.8) is 0 Å². The van der Waals surface area contributed by atoms with Crippen molar-refractivity contribution in [3.8, 4) is 61.7 Å². The Labute approximate surface area is 340 Å². The average molecular weight is 873 g/mol. The fourth-order valence-electron chi connectivity index (χ4n) is 6.33. The molecule has 0 N–H and O–H groups in total. The van der Waals surface area contributed by atoms with E-state index in [1.807, 2.05) is 67.0 Å². The summed E-state index contributed by atoms with van der Waals surface area (Å²) in [4.78, 5) is 8.81. The first-order valence-corrected chi connectivity index (χ1v) is 16.9. The predicted octanol–water partition coefficient (Wildman–Crippen LogP) is 12.4. The SMILES string of the molecule is Cc1cccc(C)c1-n1ccnc1-c1[c-]cccc1.[2H]C([2H])([2H])c1cc(-c2ccccc2)ccc1-c1ccc(-c2cc(-c3[c-]cccc3)ncc2C([2H])([2H])[2H])c(C([2H])([2H])[2H])c1.[Ir]. The van der Waals surface area contributed by atoms with Gasteiger partial charge < -0.3 is 9.55 Å². The molecule has 0 spiro atoms. The number of para-hydroxylation sites is 1. The van der Waals surface area contributed by atoms with Gasteiger partial charge in [0, 0.05) is 56.7 Å². The van der Waals surface area contributed by atoms with Crippen LogP contribution in [0.15, 0.2) is 158 Å². The van der Waals surface area contributed by atoms with Crippen LogP contribution in [0, 0.1) is 46.5 Å². The van der Waals surface area contributed by atoms with Crippen LogP contribution in [0.25, 0.3) is 61.7 Å². The summed E-state index contributed by atoms with van der Waals surface area (Å²) in [6.45, 7) is -3.42. The van der Waals surface area contributed by atoms with Crippen molar-refractivity contribution in [1.29, 1.82) is 0 Å². The molecule has 6 aromatic carbocycles. The molecule has 0 saturated heterocycles. The van der Waals surface area contributed by atoms with Gasteiger partial charge in [-0.25, -0.2) is 0 Å². The summed E-state index contributed by atoms with van der Waals surface area (Å²) >= 11 is 0. The van der Waals surface area contributed by atoms with Crippen LogP contribution >= 0.6 is 0 Å². The monoisotopic (exact) mass is 873 g/mol. The van der Waals surface area contributed by atoms with E-state index in [9.17, 15) is 0 Å². The Kier molecular flexibility index (Phi) is 8.55. The largest absolute Gasteiger partial charge is 0.340 e. The van der Waals surface area contributed by atoms with Crippen molar-refractivity contribution in [1.82, 2.24) is 14.5 Å². The van der Waals surface area contributed by atoms with E-state index in [4.69, 9.17) is 12.3 Å². The zero-order chi connectivity index (χ0) is 43.5. The summed E-state index contributed by atoms with van der Waals surface area (Å²) < 4.78 is 76.2. The molecule has 53 heavy (non-hydrogen) atoms. The molecule has 0 aliphatic heterocycles. The van der Waals surface area contributed by atoms with Crippen LogP contribution in [0.2, 0.25) is 0 Å². The van der Waals surface area contributed by atoms with Gasteiger partial charge in [-0.3, -0.25) is 4.98 Å². The number of imidazole rings is 1. The molecular weight excluding hydrogens is 823 g/mol. The van der Waals surface area contributed by atoms with E-state index in [2.05, 4.69) is 58.7 Å². The minimum atomic E-state index is -2.64. The number of hydrogen-bond donors (Lipinski definition) is 0. The minimum Gasteiger partial charge on any atom is -0.340 e. The summed E-state index contributed by atoms with van der Waals surface area (Å²) in [6.07, 6.45) is 5.10. The van der Waals surface area contributed by atoms with Crippen LogP contribution in [0.4, 0.5) is 0 Å². The Morgan fingerprint density at radius 3 is 1.87 bits per heavy atom. The van der Waals surface area contributed by atoms with Gasteiger partial charge in [-0.05, 0) is 101 Å². The van der Waals surface area contributed by atoms with Gasteiger partial charge in [0.2, 0.25) is 0 Å². The molecule has 0 saturated carbocycles. The van der Waals surface area contributed by atoms with Crippen molar-refractivity contribution in [2.45, 2.75) is 34.4 Å². The molecule has 4 heteroatoms. The summed E-state index contributed by atoms with van der Waals surface area (Å²) in [5.41, 5.74) is 8.45. The van der Waals surface area contributed by atoms with Crippen molar-refractivity contribution in [2.24, 2.45) is 0 Å². The number of hydrogen-bond acceptors (Lipinski definition) is 2. The topological polar surface area (TPSA) is 30.7 Å². The van der Waals surface area contributed by atoms with Gasteiger partial charge in [-0.15, -0.1) is 71.8 Å². The van der Waals surface area contributed by atoms with E-state index in [1.165, 1.54) is 29.1 Å². The average Bonchev–Trinajstić information content (AvgIpc) is 3.73. The first kappa shape index (κ1) is 27.0. The smallest absolute Gasteiger partial charge is 0.0602 e. The van der Waals surface area contributed by atoms with Crippen molar-refractivity contribution in [2.75, 3.05) is 0 Å². The second-order valence-corrected chi connectivity index (χ2v) is 12.4. The van der Waals surface area contributed by atoms with Crippen LogP contribution in [0.1, 0.15) is 40.2 Å². The van der Waals surface area contributed by atoms with Gasteiger partial charge in [0.1, 0.15) is 0 Å². The molecule has 0 unspecified atom stereocenters. The van der Waals surface area contributed by atoms with Crippen molar-refractivity contribution < 1.29 is 32.4 Å². The Balaban J connectivity index is 0.000000267. The standard InChI is InChI=1S/C32H26N.C17H15N2.Ir/c1-22-18-27(25-10-6-4-7-11-25)14-16-29(22)28-15-17-30(23(2)19-28)31-20-32(33-21-24(31)3)26-12-8-5-9-13-26;1-13-7-6-8-14(2)16(13)19-12-11-18-17(19)15-9-4-3-5-10-15;/h4-12,14-21H,1-3H3;3-9,11-12H,1-2H3;/q2*-1;/i1D3,2D3,3D3;;. The summed E-state index contributed by atoms with van der Waals surface area (Å²) in [7, 11) is 0. The van der Waals surface area contributed by atoms with E-state index < -0.39 is 20.6 Å². The van der Waals surface area contributed by atoms with Crippen molar-refractivity contribution in [3.05, 3.63) is 198 Å².